The molecule has 50 heavy (non-hydrogen) atoms. The lowest BCUT2D eigenvalue weighted by atomic mass is 9.89. The van der Waals surface area contributed by atoms with Gasteiger partial charge in [0.1, 0.15) is 11.4 Å². The number of aliphatic imine (C=N–C) groups is 1. The summed E-state index contributed by atoms with van der Waals surface area (Å²) in [5.41, 5.74) is 16.8. The average Bonchev–Trinajstić information content (AvgIpc) is 3.79. The fraction of sp³-hybridized carbons (Fsp3) is 0.300. The van der Waals surface area contributed by atoms with Crippen molar-refractivity contribution in [2.45, 2.75) is 44.3 Å². The number of aromatic nitrogens is 4. The number of carboxylic acid groups (broad SMARTS) is 2. The van der Waals surface area contributed by atoms with E-state index in [1.54, 1.807) is 0 Å². The Kier molecular flexibility index (Phi) is 9.33. The summed E-state index contributed by atoms with van der Waals surface area (Å²) < 4.78 is 3.88. The summed E-state index contributed by atoms with van der Waals surface area (Å²) in [4.78, 5) is 69.9. The summed E-state index contributed by atoms with van der Waals surface area (Å²) in [6, 6.07) is 3.87. The number of nitrogens with two attached hydrogens (primary N) is 3. The molecular weight excluding hydrogens is 709 g/mol. The normalized spacial score (nSPS) is 17.8. The first-order valence-corrected chi connectivity index (χ1v) is 17.7. The second kappa shape index (κ2) is 13.5. The number of fused-ring (bicyclic) bond motifs is 2. The van der Waals surface area contributed by atoms with Crippen molar-refractivity contribution in [2.24, 2.45) is 27.5 Å². The molecule has 0 saturated carbocycles. The van der Waals surface area contributed by atoms with Gasteiger partial charge < -0.3 is 36.8 Å². The standard InChI is InChI=1S/C30H30N10O7S3/c1-30(2,26(45)46)47-37-21(18-13-49-28(33)35-18)20(41)7-17-23(42)40-22(25(43)44)15(11-48-24(17)40)9-38-5-4-19-14(8-38)3-6-39(19)10-16-12-50-29(34-16)36-27(31)32/h3-6,8,12-13,17,24H,7,9-11H2,1-2H3,(H7-,31,32,33,34,35,36,43,44,45,46)/p+1/b37-21-/t17-,24-/m1/s1. The third kappa shape index (κ3) is 6.89. The molecule has 260 valence electrons. The lowest BCUT2D eigenvalue weighted by molar-refractivity contribution is -0.687. The molecule has 4 aromatic rings. The Balaban J connectivity index is 1.18. The van der Waals surface area contributed by atoms with E-state index in [0.717, 1.165) is 27.9 Å². The van der Waals surface area contributed by atoms with Crippen LogP contribution in [-0.4, -0.2) is 81.7 Å². The number of thiazole rings is 2. The Morgan fingerprint density at radius 3 is 2.62 bits per heavy atom. The van der Waals surface area contributed by atoms with Crippen LogP contribution >= 0.6 is 34.4 Å². The second-order valence-corrected chi connectivity index (χ2v) is 14.7. The summed E-state index contributed by atoms with van der Waals surface area (Å²) in [7, 11) is 0. The number of thioether (sulfide) groups is 1. The van der Waals surface area contributed by atoms with E-state index in [9.17, 15) is 29.4 Å². The summed E-state index contributed by atoms with van der Waals surface area (Å²) in [6.45, 7) is 3.25. The van der Waals surface area contributed by atoms with E-state index in [0.29, 0.717) is 23.0 Å². The number of nitrogens with zero attached hydrogens (tertiary/aromatic N) is 7. The number of carbonyl (C=O) groups is 4. The van der Waals surface area contributed by atoms with Crippen LogP contribution < -0.4 is 21.8 Å². The number of hydrogen-bond donors (Lipinski definition) is 5. The largest absolute Gasteiger partial charge is 0.478 e. The maximum Gasteiger partial charge on any atom is 0.352 e. The molecule has 2 atom stereocenters. The Morgan fingerprint density at radius 1 is 1.16 bits per heavy atom. The number of rotatable bonds is 13. The van der Waals surface area contributed by atoms with Crippen LogP contribution in [0, 0.1) is 5.92 Å². The van der Waals surface area contributed by atoms with Gasteiger partial charge in [0.2, 0.25) is 16.6 Å². The summed E-state index contributed by atoms with van der Waals surface area (Å²) in [6.07, 6.45) is 5.35. The molecule has 4 aromatic heterocycles. The quantitative estimate of drug-likeness (QED) is 0.0429. The molecule has 6 rings (SSSR count). The average molecular weight is 740 g/mol. The number of oxime groups is 1. The van der Waals surface area contributed by atoms with Gasteiger partial charge in [-0.05, 0) is 19.9 Å². The van der Waals surface area contributed by atoms with Crippen molar-refractivity contribution in [1.82, 2.24) is 19.4 Å². The zero-order valence-electron chi connectivity index (χ0n) is 26.5. The number of hydrogen-bond acceptors (Lipinski definition) is 13. The molecule has 0 unspecified atom stereocenters. The number of amides is 1. The zero-order valence-corrected chi connectivity index (χ0v) is 29.0. The number of pyridine rings is 1. The number of aliphatic carboxylic acids is 2. The second-order valence-electron chi connectivity index (χ2n) is 11.9. The van der Waals surface area contributed by atoms with Gasteiger partial charge in [-0.25, -0.2) is 24.1 Å². The highest BCUT2D eigenvalue weighted by Gasteiger charge is 2.54. The van der Waals surface area contributed by atoms with Gasteiger partial charge in [0.25, 0.3) is 0 Å². The van der Waals surface area contributed by atoms with E-state index >= 15 is 0 Å². The number of Topliss-reactive ketones (excluding diaryl/α,β-unsaturated/α-hetero) is 1. The fourth-order valence-electron chi connectivity index (χ4n) is 5.42. The van der Waals surface area contributed by atoms with Crippen molar-refractivity contribution >= 4 is 90.9 Å². The van der Waals surface area contributed by atoms with Crippen LogP contribution in [0.15, 0.2) is 62.9 Å². The van der Waals surface area contributed by atoms with Crippen LogP contribution in [0.2, 0.25) is 0 Å². The van der Waals surface area contributed by atoms with E-state index in [1.807, 2.05) is 45.2 Å². The Labute approximate surface area is 295 Å². The van der Waals surface area contributed by atoms with E-state index < -0.39 is 40.5 Å². The number of carbonyl (C=O) groups excluding carboxylic acids is 2. The number of nitrogen functional groups attached to an aromatic ring is 1. The van der Waals surface area contributed by atoms with E-state index in [2.05, 4.69) is 20.1 Å². The first-order chi connectivity index (χ1) is 23.7. The van der Waals surface area contributed by atoms with Gasteiger partial charge in [0.05, 0.1) is 34.4 Å². The monoisotopic (exact) mass is 739 g/mol. The van der Waals surface area contributed by atoms with Gasteiger partial charge in [-0.3, -0.25) is 14.5 Å². The molecule has 0 spiro atoms. The third-order valence-corrected chi connectivity index (χ3v) is 10.8. The smallest absolute Gasteiger partial charge is 0.352 e. The highest BCUT2D eigenvalue weighted by molar-refractivity contribution is 8.00. The van der Waals surface area contributed by atoms with Crippen LogP contribution in [-0.2, 0) is 37.1 Å². The summed E-state index contributed by atoms with van der Waals surface area (Å²) in [5, 5.41) is 27.7. The number of carboxylic acids is 2. The molecule has 1 amide bonds. The van der Waals surface area contributed by atoms with Crippen molar-refractivity contribution in [2.75, 3.05) is 11.5 Å². The molecule has 20 heteroatoms. The van der Waals surface area contributed by atoms with Gasteiger partial charge in [-0.15, -0.1) is 34.4 Å². The number of ketones is 1. The van der Waals surface area contributed by atoms with E-state index in [1.165, 1.54) is 47.2 Å². The molecule has 8 N–H and O–H groups in total. The molecule has 2 aliphatic heterocycles. The van der Waals surface area contributed by atoms with Gasteiger partial charge in [0.15, 0.2) is 41.5 Å². The first kappa shape index (κ1) is 34.5. The van der Waals surface area contributed by atoms with Crippen LogP contribution in [0.25, 0.3) is 10.9 Å². The van der Waals surface area contributed by atoms with Crippen molar-refractivity contribution in [3.05, 3.63) is 64.1 Å². The Bertz CT molecular complexity index is 2130. The predicted octanol–water partition coefficient (Wildman–Crippen LogP) is 1.49. The molecule has 2 aliphatic rings. The van der Waals surface area contributed by atoms with Crippen LogP contribution in [0.5, 0.6) is 0 Å². The van der Waals surface area contributed by atoms with Gasteiger partial charge in [-0.2, -0.15) is 4.99 Å². The SMILES string of the molecule is CC(C)(O/N=C(\C(=O)C[C@@H]1C(=O)N2C(C(=O)O)=C(C[n+]3ccc4c(ccn4Cc4csc(N=C(N)N)n4)c3)CS[C@H]12)c1csc(N)n1)C(=O)O. The topological polar surface area (TPSA) is 259 Å². The van der Waals surface area contributed by atoms with Gasteiger partial charge in [0, 0.05) is 40.8 Å². The van der Waals surface area contributed by atoms with Crippen LogP contribution in [0.4, 0.5) is 10.3 Å². The molecule has 1 saturated heterocycles. The molecule has 0 aromatic carbocycles. The maximum atomic E-state index is 13.5. The lowest BCUT2D eigenvalue weighted by Gasteiger charge is -2.49. The molecule has 6 heterocycles. The first-order valence-electron chi connectivity index (χ1n) is 14.9. The molecular formula is C30H31N10O7S3+. The minimum atomic E-state index is -1.75. The number of guanidine groups is 1. The van der Waals surface area contributed by atoms with Gasteiger partial charge >= 0.3 is 11.9 Å². The van der Waals surface area contributed by atoms with E-state index in [4.69, 9.17) is 22.0 Å². The summed E-state index contributed by atoms with van der Waals surface area (Å²) in [5.74, 6) is -4.28. The maximum absolute atomic E-state index is 13.5. The molecule has 0 radical (unpaired) electrons. The predicted molar refractivity (Wildman–Crippen MR) is 186 cm³/mol. The van der Waals surface area contributed by atoms with Crippen molar-refractivity contribution in [3.63, 3.8) is 0 Å². The van der Waals surface area contributed by atoms with Crippen LogP contribution in [0.1, 0.15) is 31.7 Å². The third-order valence-electron chi connectivity index (χ3n) is 7.91. The minimum Gasteiger partial charge on any atom is -0.478 e. The van der Waals surface area contributed by atoms with Crippen LogP contribution in [0.3, 0.4) is 0 Å². The van der Waals surface area contributed by atoms with Crippen molar-refractivity contribution in [3.8, 4) is 0 Å². The number of anilines is 1. The zero-order chi connectivity index (χ0) is 35.9. The highest BCUT2D eigenvalue weighted by Crippen LogP contribution is 2.45. The van der Waals surface area contributed by atoms with E-state index in [-0.39, 0.29) is 41.2 Å². The fourth-order valence-corrected chi connectivity index (χ4v) is 8.07. The number of β-lactam (4-membered cyclic amide) rings is 1. The lowest BCUT2D eigenvalue weighted by Crippen LogP contribution is -2.62. The van der Waals surface area contributed by atoms with Crippen molar-refractivity contribution < 1.29 is 38.8 Å². The summed E-state index contributed by atoms with van der Waals surface area (Å²) >= 11 is 3.75. The molecule has 0 aliphatic carbocycles. The van der Waals surface area contributed by atoms with Gasteiger partial charge in [-0.1, -0.05) is 5.16 Å². The molecule has 17 nitrogen and oxygen atoms in total. The Morgan fingerprint density at radius 2 is 1.94 bits per heavy atom. The minimum absolute atomic E-state index is 0.0627. The van der Waals surface area contributed by atoms with Crippen molar-refractivity contribution in [1.29, 1.82) is 0 Å². The highest BCUT2D eigenvalue weighted by atomic mass is 32.2. The molecule has 1 fully saturated rings. The Hall–Kier alpha value is -5.34. The molecule has 0 bridgehead atoms.